The van der Waals surface area contributed by atoms with Gasteiger partial charge in [-0.2, -0.15) is 0 Å². The predicted octanol–water partition coefficient (Wildman–Crippen LogP) is 6.77. The Morgan fingerprint density at radius 3 is 2.35 bits per heavy atom. The van der Waals surface area contributed by atoms with Crippen molar-refractivity contribution >= 4 is 6.08 Å². The van der Waals surface area contributed by atoms with Crippen molar-refractivity contribution in [2.24, 2.45) is 5.92 Å². The summed E-state index contributed by atoms with van der Waals surface area (Å²) in [5, 5.41) is 0. The average molecular weight is 304 g/mol. The van der Waals surface area contributed by atoms with Gasteiger partial charge >= 0.3 is 0 Å². The van der Waals surface area contributed by atoms with Crippen LogP contribution in [0.3, 0.4) is 0 Å². The summed E-state index contributed by atoms with van der Waals surface area (Å²) in [5.74, 6) is 1.26. The maximum absolute atomic E-state index is 2.48. The lowest BCUT2D eigenvalue weighted by Crippen LogP contribution is -1.98. The molecule has 0 nitrogen and oxygen atoms in total. The fraction of sp³-hybridized carbons (Fsp3) is 0.391. The monoisotopic (exact) mass is 304 g/mol. The van der Waals surface area contributed by atoms with Gasteiger partial charge in [-0.05, 0) is 65.0 Å². The Morgan fingerprint density at radius 2 is 1.70 bits per heavy atom. The van der Waals surface area contributed by atoms with E-state index in [4.69, 9.17) is 0 Å². The first kappa shape index (κ1) is 16.1. The third-order valence-electron chi connectivity index (χ3n) is 4.84. The zero-order valence-electron chi connectivity index (χ0n) is 15.1. The van der Waals surface area contributed by atoms with Crippen LogP contribution >= 0.6 is 0 Å². The number of benzene rings is 2. The van der Waals surface area contributed by atoms with E-state index in [1.807, 2.05) is 0 Å². The minimum absolute atomic E-state index is 0.539. The molecular formula is C23H28. The number of fused-ring (bicyclic) bond motifs is 1. The fourth-order valence-corrected chi connectivity index (χ4v) is 3.79. The second-order valence-electron chi connectivity index (χ2n) is 7.65. The van der Waals surface area contributed by atoms with Gasteiger partial charge in [0.2, 0.25) is 0 Å². The lowest BCUT2D eigenvalue weighted by atomic mass is 9.86. The van der Waals surface area contributed by atoms with Crippen molar-refractivity contribution in [1.29, 1.82) is 0 Å². The van der Waals surface area contributed by atoms with E-state index in [9.17, 15) is 0 Å². The molecule has 23 heavy (non-hydrogen) atoms. The molecule has 0 aliphatic heterocycles. The first-order valence-electron chi connectivity index (χ1n) is 8.88. The summed E-state index contributed by atoms with van der Waals surface area (Å²) >= 11 is 0. The quantitative estimate of drug-likeness (QED) is 0.584. The highest BCUT2D eigenvalue weighted by atomic mass is 14.3. The molecular weight excluding hydrogens is 276 g/mol. The van der Waals surface area contributed by atoms with E-state index in [0.29, 0.717) is 5.92 Å². The highest BCUT2D eigenvalue weighted by Gasteiger charge is 2.21. The molecule has 0 radical (unpaired) electrons. The Hall–Kier alpha value is -1.82. The van der Waals surface area contributed by atoms with Crippen LogP contribution in [0, 0.1) is 12.8 Å². The molecule has 0 bridgehead atoms. The summed E-state index contributed by atoms with van der Waals surface area (Å²) in [6, 6.07) is 13.5. The molecule has 2 aromatic rings. The second-order valence-corrected chi connectivity index (χ2v) is 7.65. The lowest BCUT2D eigenvalue weighted by molar-refractivity contribution is 0.638. The molecule has 2 aromatic carbocycles. The van der Waals surface area contributed by atoms with Crippen LogP contribution in [0.15, 0.2) is 42.0 Å². The minimum Gasteiger partial charge on any atom is -0.0649 e. The number of rotatable bonds is 4. The topological polar surface area (TPSA) is 0 Å². The Bertz CT molecular complexity index is 745. The molecule has 0 heteroatoms. The van der Waals surface area contributed by atoms with Gasteiger partial charge in [0.25, 0.3) is 0 Å². The van der Waals surface area contributed by atoms with E-state index in [1.165, 1.54) is 39.8 Å². The van der Waals surface area contributed by atoms with E-state index in [0.717, 1.165) is 12.3 Å². The first-order valence-corrected chi connectivity index (χ1v) is 8.88. The Kier molecular flexibility index (Phi) is 4.43. The normalized spacial score (nSPS) is 13.6. The molecule has 0 amide bonds. The summed E-state index contributed by atoms with van der Waals surface area (Å²) in [7, 11) is 0. The van der Waals surface area contributed by atoms with Crippen molar-refractivity contribution in [2.45, 2.75) is 53.4 Å². The van der Waals surface area contributed by atoms with Crippen LogP contribution in [0.1, 0.15) is 62.3 Å². The van der Waals surface area contributed by atoms with Gasteiger partial charge in [0.1, 0.15) is 0 Å². The zero-order valence-corrected chi connectivity index (χ0v) is 15.1. The van der Waals surface area contributed by atoms with Gasteiger partial charge in [-0.1, -0.05) is 75.7 Å². The second kappa shape index (κ2) is 6.35. The smallest absolute Gasteiger partial charge is 0.00575 e. The van der Waals surface area contributed by atoms with Crippen LogP contribution in [-0.4, -0.2) is 0 Å². The predicted molar refractivity (Wildman–Crippen MR) is 102 cm³/mol. The van der Waals surface area contributed by atoms with Crippen LogP contribution in [0.4, 0.5) is 0 Å². The molecule has 1 aliphatic rings. The molecule has 0 N–H and O–H groups in total. The third-order valence-corrected chi connectivity index (χ3v) is 4.84. The molecule has 0 heterocycles. The van der Waals surface area contributed by atoms with Crippen molar-refractivity contribution in [3.8, 4) is 11.1 Å². The van der Waals surface area contributed by atoms with Gasteiger partial charge in [-0.15, -0.1) is 0 Å². The fourth-order valence-electron chi connectivity index (χ4n) is 3.79. The van der Waals surface area contributed by atoms with Crippen molar-refractivity contribution in [2.75, 3.05) is 0 Å². The molecule has 0 unspecified atom stereocenters. The first-order chi connectivity index (χ1) is 11.0. The van der Waals surface area contributed by atoms with Gasteiger partial charge in [0, 0.05) is 0 Å². The SMILES string of the molecule is Cc1ccccc1-c1c(C(C)C)ccc2c1C=C(CC(C)C)C2. The van der Waals surface area contributed by atoms with Crippen molar-refractivity contribution in [1.82, 2.24) is 0 Å². The average Bonchev–Trinajstić information content (AvgIpc) is 2.88. The van der Waals surface area contributed by atoms with Gasteiger partial charge in [-0.3, -0.25) is 0 Å². The van der Waals surface area contributed by atoms with Gasteiger partial charge in [-0.25, -0.2) is 0 Å². The van der Waals surface area contributed by atoms with E-state index in [-0.39, 0.29) is 0 Å². The maximum atomic E-state index is 2.48. The molecule has 0 saturated heterocycles. The van der Waals surface area contributed by atoms with E-state index in [1.54, 1.807) is 5.57 Å². The summed E-state index contributed by atoms with van der Waals surface area (Å²) in [4.78, 5) is 0. The maximum Gasteiger partial charge on any atom is -0.00575 e. The Labute approximate surface area is 141 Å². The van der Waals surface area contributed by atoms with Gasteiger partial charge in [0.15, 0.2) is 0 Å². The van der Waals surface area contributed by atoms with E-state index < -0.39 is 0 Å². The van der Waals surface area contributed by atoms with Crippen molar-refractivity contribution in [3.05, 3.63) is 64.2 Å². The van der Waals surface area contributed by atoms with Gasteiger partial charge in [0.05, 0.1) is 0 Å². The third kappa shape index (κ3) is 3.13. The minimum atomic E-state index is 0.539. The summed E-state index contributed by atoms with van der Waals surface area (Å²) in [6.45, 7) is 11.5. The van der Waals surface area contributed by atoms with Crippen LogP contribution in [0.25, 0.3) is 17.2 Å². The zero-order chi connectivity index (χ0) is 16.6. The van der Waals surface area contributed by atoms with E-state index in [2.05, 4.69) is 77.1 Å². The standard InChI is InChI=1S/C23H28/c1-15(2)12-18-13-19-10-11-20(16(3)4)23(22(19)14-18)21-9-7-6-8-17(21)5/h6-11,14-16H,12-13H2,1-5H3. The highest BCUT2D eigenvalue weighted by molar-refractivity contribution is 5.84. The molecule has 0 atom stereocenters. The highest BCUT2D eigenvalue weighted by Crippen LogP contribution is 2.41. The summed E-state index contributed by atoms with van der Waals surface area (Å²) in [5.41, 5.74) is 10.3. The summed E-state index contributed by atoms with van der Waals surface area (Å²) in [6.07, 6.45) is 4.81. The van der Waals surface area contributed by atoms with E-state index >= 15 is 0 Å². The van der Waals surface area contributed by atoms with Crippen molar-refractivity contribution < 1.29 is 0 Å². The van der Waals surface area contributed by atoms with Crippen LogP contribution in [0.5, 0.6) is 0 Å². The molecule has 1 aliphatic carbocycles. The number of aryl methyl sites for hydroxylation is 1. The van der Waals surface area contributed by atoms with Crippen molar-refractivity contribution in [3.63, 3.8) is 0 Å². The molecule has 3 rings (SSSR count). The Morgan fingerprint density at radius 1 is 0.957 bits per heavy atom. The van der Waals surface area contributed by atoms with Crippen LogP contribution < -0.4 is 0 Å². The van der Waals surface area contributed by atoms with Crippen LogP contribution in [0.2, 0.25) is 0 Å². The number of hydrogen-bond acceptors (Lipinski definition) is 0. The molecule has 0 fully saturated rings. The molecule has 0 spiro atoms. The summed E-state index contributed by atoms with van der Waals surface area (Å²) < 4.78 is 0. The number of allylic oxidation sites excluding steroid dienone is 1. The largest absolute Gasteiger partial charge is 0.0649 e. The molecule has 0 saturated carbocycles. The molecule has 120 valence electrons. The molecule has 0 aromatic heterocycles. The Balaban J connectivity index is 2.20. The van der Waals surface area contributed by atoms with Crippen LogP contribution in [-0.2, 0) is 6.42 Å². The van der Waals surface area contributed by atoms with Gasteiger partial charge < -0.3 is 0 Å². The lowest BCUT2D eigenvalue weighted by Gasteiger charge is -2.18. The number of hydrogen-bond donors (Lipinski definition) is 0.